The fourth-order valence-corrected chi connectivity index (χ4v) is 3.16. The lowest BCUT2D eigenvalue weighted by molar-refractivity contribution is 0.0923. The van der Waals surface area contributed by atoms with Gasteiger partial charge in [-0.3, -0.25) is 10.2 Å². The Bertz CT molecular complexity index is 433. The molecule has 1 aromatic rings. The lowest BCUT2D eigenvalue weighted by atomic mass is 10.2. The Morgan fingerprint density at radius 3 is 3.06 bits per heavy atom. The van der Waals surface area contributed by atoms with Crippen LogP contribution in [0.3, 0.4) is 0 Å². The van der Waals surface area contributed by atoms with Gasteiger partial charge in [-0.1, -0.05) is 0 Å². The molecular formula is C12H18N2O3S. The summed E-state index contributed by atoms with van der Waals surface area (Å²) in [6.07, 6.45) is 1.36. The van der Waals surface area contributed by atoms with E-state index >= 15 is 0 Å². The van der Waals surface area contributed by atoms with Gasteiger partial charge < -0.3 is 9.15 Å². The number of hydrogen-bond acceptors (Lipinski definition) is 5. The van der Waals surface area contributed by atoms with E-state index in [4.69, 9.17) is 15.0 Å². The largest absolute Gasteiger partial charge is 0.455 e. The van der Waals surface area contributed by atoms with Gasteiger partial charge in [0.15, 0.2) is 5.76 Å². The number of ether oxygens (including phenoxy) is 1. The molecule has 0 bridgehead atoms. The molecule has 0 spiro atoms. The van der Waals surface area contributed by atoms with Crippen LogP contribution in [0, 0.1) is 6.92 Å². The lowest BCUT2D eigenvalue weighted by Gasteiger charge is -2.12. The number of furan rings is 1. The molecule has 0 aliphatic carbocycles. The van der Waals surface area contributed by atoms with E-state index in [9.17, 15) is 4.79 Å². The molecule has 5 nitrogen and oxygen atoms in total. The van der Waals surface area contributed by atoms with Crippen molar-refractivity contribution in [3.63, 3.8) is 0 Å². The minimum absolute atomic E-state index is 0.290. The zero-order chi connectivity index (χ0) is 13.1. The number of nitrogen functional groups attached to an aromatic ring is 1. The maximum atomic E-state index is 11.4. The molecule has 1 aliphatic heterocycles. The number of nitrogens with two attached hydrogens (primary N) is 1. The summed E-state index contributed by atoms with van der Waals surface area (Å²) in [6, 6.07) is 1.89. The van der Waals surface area contributed by atoms with Crippen molar-refractivity contribution in [3.05, 3.63) is 23.2 Å². The molecule has 0 radical (unpaired) electrons. The summed E-state index contributed by atoms with van der Waals surface area (Å²) in [5, 5.41) is 0.502. The zero-order valence-electron chi connectivity index (χ0n) is 10.6. The van der Waals surface area contributed by atoms with Crippen molar-refractivity contribution in [2.75, 3.05) is 6.61 Å². The second-order valence-electron chi connectivity index (χ2n) is 4.41. The van der Waals surface area contributed by atoms with Crippen LogP contribution in [0.15, 0.2) is 10.5 Å². The van der Waals surface area contributed by atoms with Gasteiger partial charge in [-0.2, -0.15) is 0 Å². The van der Waals surface area contributed by atoms with Crippen LogP contribution in [0.25, 0.3) is 0 Å². The number of thioether (sulfide) groups is 1. The topological polar surface area (TPSA) is 77.5 Å². The lowest BCUT2D eigenvalue weighted by Crippen LogP contribution is -2.30. The van der Waals surface area contributed by atoms with Gasteiger partial charge in [0, 0.05) is 17.4 Å². The Balaban J connectivity index is 1.95. The second kappa shape index (κ2) is 5.77. The monoisotopic (exact) mass is 270 g/mol. The molecule has 100 valence electrons. The Labute approximate surface area is 110 Å². The van der Waals surface area contributed by atoms with E-state index in [1.807, 2.05) is 13.0 Å². The summed E-state index contributed by atoms with van der Waals surface area (Å²) < 4.78 is 11.0. The van der Waals surface area contributed by atoms with Crippen LogP contribution in [-0.2, 0) is 10.5 Å². The van der Waals surface area contributed by atoms with Gasteiger partial charge in [0.2, 0.25) is 0 Å². The first-order valence-corrected chi connectivity index (χ1v) is 7.00. The first kappa shape index (κ1) is 13.5. The van der Waals surface area contributed by atoms with E-state index < -0.39 is 0 Å². The first-order chi connectivity index (χ1) is 8.61. The molecule has 1 saturated heterocycles. The maximum Gasteiger partial charge on any atom is 0.301 e. The van der Waals surface area contributed by atoms with E-state index in [0.29, 0.717) is 11.0 Å². The molecule has 2 atom stereocenters. The Morgan fingerprint density at radius 1 is 1.67 bits per heavy atom. The highest BCUT2D eigenvalue weighted by atomic mass is 32.2. The fraction of sp³-hybridized carbons (Fsp3) is 0.583. The molecular weight excluding hydrogens is 252 g/mol. The van der Waals surface area contributed by atoms with Crippen molar-refractivity contribution in [3.8, 4) is 0 Å². The van der Waals surface area contributed by atoms with Crippen molar-refractivity contribution >= 4 is 17.7 Å². The molecule has 1 fully saturated rings. The first-order valence-electron chi connectivity index (χ1n) is 5.95. The van der Waals surface area contributed by atoms with Crippen molar-refractivity contribution < 1.29 is 13.9 Å². The summed E-state index contributed by atoms with van der Waals surface area (Å²) in [5.41, 5.74) is 2.89. The predicted octanol–water partition coefficient (Wildman–Crippen LogP) is 1.60. The van der Waals surface area contributed by atoms with E-state index in [1.165, 1.54) is 0 Å². The summed E-state index contributed by atoms with van der Waals surface area (Å²) in [4.78, 5) is 11.4. The number of hydrazine groups is 1. The standard InChI is InChI=1S/C12H18N2O3S/c1-7-5-9(17-11(7)12(15)14-13)6-18-10-3-4-16-8(10)2/h5,8,10H,3-4,6,13H2,1-2H3,(H,14,15). The molecule has 2 unspecified atom stereocenters. The van der Waals surface area contributed by atoms with E-state index in [-0.39, 0.29) is 12.0 Å². The molecule has 2 rings (SSSR count). The normalized spacial score (nSPS) is 23.3. The minimum Gasteiger partial charge on any atom is -0.455 e. The van der Waals surface area contributed by atoms with Crippen LogP contribution < -0.4 is 11.3 Å². The van der Waals surface area contributed by atoms with Crippen LogP contribution in [0.2, 0.25) is 0 Å². The summed E-state index contributed by atoms with van der Waals surface area (Å²) in [7, 11) is 0. The maximum absolute atomic E-state index is 11.4. The average molecular weight is 270 g/mol. The third kappa shape index (κ3) is 2.88. The predicted molar refractivity (Wildman–Crippen MR) is 70.2 cm³/mol. The highest BCUT2D eigenvalue weighted by Gasteiger charge is 2.25. The summed E-state index contributed by atoms with van der Waals surface area (Å²) in [5.74, 6) is 6.55. The number of carbonyl (C=O) groups excluding carboxylic acids is 1. The molecule has 0 saturated carbocycles. The smallest absolute Gasteiger partial charge is 0.301 e. The molecule has 0 aromatic carbocycles. The van der Waals surface area contributed by atoms with E-state index in [2.05, 4.69) is 12.3 Å². The van der Waals surface area contributed by atoms with E-state index in [0.717, 1.165) is 30.1 Å². The molecule has 3 N–H and O–H groups in total. The number of carbonyl (C=O) groups is 1. The van der Waals surface area contributed by atoms with Crippen LogP contribution in [-0.4, -0.2) is 23.9 Å². The van der Waals surface area contributed by atoms with Gasteiger partial charge in [-0.05, 0) is 26.3 Å². The summed E-state index contributed by atoms with van der Waals surface area (Å²) in [6.45, 7) is 4.76. The third-order valence-corrected chi connectivity index (χ3v) is 4.55. The SMILES string of the molecule is Cc1cc(CSC2CCOC2C)oc1C(=O)NN. The Morgan fingerprint density at radius 2 is 2.44 bits per heavy atom. The van der Waals surface area contributed by atoms with Crippen LogP contribution in [0.1, 0.15) is 35.2 Å². The van der Waals surface area contributed by atoms with Crippen molar-refractivity contribution in [2.24, 2.45) is 5.84 Å². The van der Waals surface area contributed by atoms with Gasteiger partial charge in [0.1, 0.15) is 5.76 Å². The van der Waals surface area contributed by atoms with Gasteiger partial charge in [-0.25, -0.2) is 5.84 Å². The quantitative estimate of drug-likeness (QED) is 0.493. The fourth-order valence-electron chi connectivity index (χ4n) is 2.03. The highest BCUT2D eigenvalue weighted by molar-refractivity contribution is 7.99. The van der Waals surface area contributed by atoms with Crippen LogP contribution in [0.5, 0.6) is 0 Å². The van der Waals surface area contributed by atoms with Gasteiger partial charge in [0.25, 0.3) is 0 Å². The third-order valence-electron chi connectivity index (χ3n) is 3.05. The van der Waals surface area contributed by atoms with Gasteiger partial charge in [-0.15, -0.1) is 11.8 Å². The van der Waals surface area contributed by atoms with Crippen molar-refractivity contribution in [2.45, 2.75) is 37.4 Å². The minimum atomic E-state index is -0.388. The van der Waals surface area contributed by atoms with Gasteiger partial charge >= 0.3 is 5.91 Å². The Kier molecular flexibility index (Phi) is 4.31. The molecule has 6 heteroatoms. The van der Waals surface area contributed by atoms with Crippen LogP contribution >= 0.6 is 11.8 Å². The van der Waals surface area contributed by atoms with Gasteiger partial charge in [0.05, 0.1) is 11.9 Å². The average Bonchev–Trinajstić information content (AvgIpc) is 2.92. The van der Waals surface area contributed by atoms with Crippen molar-refractivity contribution in [1.82, 2.24) is 5.43 Å². The Hall–Kier alpha value is -0.980. The molecule has 18 heavy (non-hydrogen) atoms. The number of aryl methyl sites for hydroxylation is 1. The summed E-state index contributed by atoms with van der Waals surface area (Å²) >= 11 is 1.80. The zero-order valence-corrected chi connectivity index (χ0v) is 11.4. The molecule has 1 aliphatic rings. The second-order valence-corrected chi connectivity index (χ2v) is 5.64. The number of amides is 1. The number of nitrogens with one attached hydrogen (secondary N) is 1. The van der Waals surface area contributed by atoms with E-state index in [1.54, 1.807) is 11.8 Å². The number of rotatable bonds is 4. The van der Waals surface area contributed by atoms with Crippen LogP contribution in [0.4, 0.5) is 0 Å². The molecule has 2 heterocycles. The highest BCUT2D eigenvalue weighted by Crippen LogP contribution is 2.30. The number of hydrogen-bond donors (Lipinski definition) is 2. The molecule has 1 amide bonds. The molecule has 1 aromatic heterocycles. The van der Waals surface area contributed by atoms with Crippen molar-refractivity contribution in [1.29, 1.82) is 0 Å².